The molecule has 1 heterocycles. The molecule has 0 spiro atoms. The second kappa shape index (κ2) is 7.11. The van der Waals surface area contributed by atoms with Crippen molar-refractivity contribution < 1.29 is 14.6 Å². The molecule has 19 heavy (non-hydrogen) atoms. The summed E-state index contributed by atoms with van der Waals surface area (Å²) in [5.74, 6) is -0.0954. The monoisotopic (exact) mass is 264 g/mol. The lowest BCUT2D eigenvalue weighted by molar-refractivity contribution is 0.0951. The molecule has 2 rings (SSSR count). The predicted molar refractivity (Wildman–Crippen MR) is 73.5 cm³/mol. The average Bonchev–Trinajstić information content (AvgIpc) is 2.48. The zero-order valence-electron chi connectivity index (χ0n) is 11.0. The normalized spacial score (nSPS) is 15.3. The van der Waals surface area contributed by atoms with E-state index in [0.29, 0.717) is 18.5 Å². The molecule has 104 valence electrons. The van der Waals surface area contributed by atoms with E-state index in [2.05, 4.69) is 10.2 Å². The van der Waals surface area contributed by atoms with Crippen molar-refractivity contribution in [2.75, 3.05) is 44.4 Å². The van der Waals surface area contributed by atoms with Gasteiger partial charge in [0, 0.05) is 37.5 Å². The highest BCUT2D eigenvalue weighted by Gasteiger charge is 2.11. The molecule has 2 N–H and O–H groups in total. The molecule has 0 saturated carbocycles. The quantitative estimate of drug-likeness (QED) is 0.766. The van der Waals surface area contributed by atoms with Crippen molar-refractivity contribution in [1.82, 2.24) is 5.32 Å². The van der Waals surface area contributed by atoms with Crippen LogP contribution in [0.2, 0.25) is 0 Å². The number of hydrogen-bond donors (Lipinski definition) is 2. The van der Waals surface area contributed by atoms with Crippen LogP contribution in [0.5, 0.6) is 0 Å². The fourth-order valence-corrected chi connectivity index (χ4v) is 2.03. The lowest BCUT2D eigenvalue weighted by atomic mass is 10.1. The van der Waals surface area contributed by atoms with Crippen molar-refractivity contribution in [2.24, 2.45) is 0 Å². The Bertz CT molecular complexity index is 400. The molecule has 5 nitrogen and oxygen atoms in total. The smallest absolute Gasteiger partial charge is 0.251 e. The molecule has 5 heteroatoms. The lowest BCUT2D eigenvalue weighted by Crippen LogP contribution is -2.36. The zero-order chi connectivity index (χ0) is 13.5. The fourth-order valence-electron chi connectivity index (χ4n) is 2.03. The minimum absolute atomic E-state index is 0.0935. The molecule has 0 bridgehead atoms. The number of anilines is 1. The summed E-state index contributed by atoms with van der Waals surface area (Å²) in [5.41, 5.74) is 1.77. The third-order valence-corrected chi connectivity index (χ3v) is 3.13. The summed E-state index contributed by atoms with van der Waals surface area (Å²) in [4.78, 5) is 14.0. The standard InChI is InChI=1S/C14H20N2O3/c17-9-1-6-15-14(18)12-2-4-13(5-3-12)16-7-10-19-11-8-16/h2-5,17H,1,6-11H2,(H,15,18). The van der Waals surface area contributed by atoms with E-state index in [9.17, 15) is 4.79 Å². The first-order valence-corrected chi connectivity index (χ1v) is 6.63. The van der Waals surface area contributed by atoms with Crippen LogP contribution in [0.4, 0.5) is 5.69 Å². The van der Waals surface area contributed by atoms with Gasteiger partial charge in [-0.1, -0.05) is 0 Å². The van der Waals surface area contributed by atoms with Crippen LogP contribution in [0.3, 0.4) is 0 Å². The molecule has 1 aliphatic rings. The molecular formula is C14H20N2O3. The van der Waals surface area contributed by atoms with Crippen LogP contribution in [0.15, 0.2) is 24.3 Å². The van der Waals surface area contributed by atoms with Crippen molar-refractivity contribution in [1.29, 1.82) is 0 Å². The van der Waals surface area contributed by atoms with Gasteiger partial charge < -0.3 is 20.1 Å². The van der Waals surface area contributed by atoms with E-state index in [-0.39, 0.29) is 12.5 Å². The highest BCUT2D eigenvalue weighted by atomic mass is 16.5. The van der Waals surface area contributed by atoms with Crippen molar-refractivity contribution in [3.63, 3.8) is 0 Å². The van der Waals surface area contributed by atoms with Gasteiger partial charge in [0.2, 0.25) is 0 Å². The molecule has 0 atom stereocenters. The SMILES string of the molecule is O=C(NCCCO)c1ccc(N2CCOCC2)cc1. The Morgan fingerprint density at radius 2 is 1.95 bits per heavy atom. The molecule has 0 unspecified atom stereocenters. The van der Waals surface area contributed by atoms with Crippen LogP contribution >= 0.6 is 0 Å². The van der Waals surface area contributed by atoms with Crippen LogP contribution in [0.25, 0.3) is 0 Å². The van der Waals surface area contributed by atoms with Gasteiger partial charge in [-0.3, -0.25) is 4.79 Å². The lowest BCUT2D eigenvalue weighted by Gasteiger charge is -2.28. The van der Waals surface area contributed by atoms with Crippen LogP contribution < -0.4 is 10.2 Å². The number of aliphatic hydroxyl groups is 1. The Morgan fingerprint density at radius 1 is 1.26 bits per heavy atom. The van der Waals surface area contributed by atoms with Crippen molar-refractivity contribution in [3.8, 4) is 0 Å². The summed E-state index contributed by atoms with van der Waals surface area (Å²) in [6, 6.07) is 7.59. The summed E-state index contributed by atoms with van der Waals surface area (Å²) in [7, 11) is 0. The number of aliphatic hydroxyl groups excluding tert-OH is 1. The number of rotatable bonds is 5. The summed E-state index contributed by atoms with van der Waals surface area (Å²) in [6.07, 6.45) is 0.581. The first kappa shape index (κ1) is 13.8. The van der Waals surface area contributed by atoms with E-state index in [0.717, 1.165) is 32.0 Å². The summed E-state index contributed by atoms with van der Waals surface area (Å²) in [6.45, 7) is 3.88. The molecule has 1 amide bonds. The van der Waals surface area contributed by atoms with Gasteiger partial charge in [0.05, 0.1) is 13.2 Å². The molecule has 1 saturated heterocycles. The van der Waals surface area contributed by atoms with Gasteiger partial charge in [-0.05, 0) is 30.7 Å². The minimum Gasteiger partial charge on any atom is -0.396 e. The molecule has 1 aromatic carbocycles. The maximum Gasteiger partial charge on any atom is 0.251 e. The van der Waals surface area contributed by atoms with Gasteiger partial charge in [0.1, 0.15) is 0 Å². The molecule has 0 radical (unpaired) electrons. The van der Waals surface area contributed by atoms with Crippen LogP contribution in [-0.4, -0.2) is 50.5 Å². The second-order valence-corrected chi connectivity index (χ2v) is 4.48. The van der Waals surface area contributed by atoms with E-state index in [1.807, 2.05) is 24.3 Å². The van der Waals surface area contributed by atoms with Crippen LogP contribution in [0.1, 0.15) is 16.8 Å². The second-order valence-electron chi connectivity index (χ2n) is 4.48. The number of carbonyl (C=O) groups is 1. The maximum atomic E-state index is 11.8. The average molecular weight is 264 g/mol. The number of hydrogen-bond acceptors (Lipinski definition) is 4. The molecule has 0 aromatic heterocycles. The van der Waals surface area contributed by atoms with Crippen molar-refractivity contribution >= 4 is 11.6 Å². The highest BCUT2D eigenvalue weighted by Crippen LogP contribution is 2.16. The van der Waals surface area contributed by atoms with Crippen LogP contribution in [0, 0.1) is 0 Å². The number of morpholine rings is 1. The Labute approximate surface area is 113 Å². The summed E-state index contributed by atoms with van der Waals surface area (Å²) in [5, 5.41) is 11.4. The summed E-state index contributed by atoms with van der Waals surface area (Å²) < 4.78 is 5.31. The van der Waals surface area contributed by atoms with Crippen LogP contribution in [-0.2, 0) is 4.74 Å². The van der Waals surface area contributed by atoms with E-state index in [1.54, 1.807) is 0 Å². The van der Waals surface area contributed by atoms with E-state index in [4.69, 9.17) is 9.84 Å². The van der Waals surface area contributed by atoms with Gasteiger partial charge in [0.25, 0.3) is 5.91 Å². The maximum absolute atomic E-state index is 11.8. The van der Waals surface area contributed by atoms with Gasteiger partial charge >= 0.3 is 0 Å². The Hall–Kier alpha value is -1.59. The molecule has 1 aliphatic heterocycles. The van der Waals surface area contributed by atoms with Gasteiger partial charge in [-0.15, -0.1) is 0 Å². The number of nitrogens with one attached hydrogen (secondary N) is 1. The first-order valence-electron chi connectivity index (χ1n) is 6.63. The van der Waals surface area contributed by atoms with E-state index in [1.165, 1.54) is 0 Å². The third-order valence-electron chi connectivity index (χ3n) is 3.13. The molecule has 1 aromatic rings. The van der Waals surface area contributed by atoms with Gasteiger partial charge in [-0.2, -0.15) is 0 Å². The molecular weight excluding hydrogens is 244 g/mol. The Balaban J connectivity index is 1.91. The minimum atomic E-state index is -0.0954. The van der Waals surface area contributed by atoms with Gasteiger partial charge in [-0.25, -0.2) is 0 Å². The van der Waals surface area contributed by atoms with Crippen molar-refractivity contribution in [2.45, 2.75) is 6.42 Å². The van der Waals surface area contributed by atoms with E-state index < -0.39 is 0 Å². The number of nitrogens with zero attached hydrogens (tertiary/aromatic N) is 1. The first-order chi connectivity index (χ1) is 9.31. The zero-order valence-corrected chi connectivity index (χ0v) is 11.0. The Kier molecular flexibility index (Phi) is 5.18. The summed E-state index contributed by atoms with van der Waals surface area (Å²) >= 11 is 0. The predicted octanol–water partition coefficient (Wildman–Crippen LogP) is 0.635. The number of carbonyl (C=O) groups excluding carboxylic acids is 1. The number of amides is 1. The molecule has 0 aliphatic carbocycles. The molecule has 1 fully saturated rings. The number of ether oxygens (including phenoxy) is 1. The highest BCUT2D eigenvalue weighted by molar-refractivity contribution is 5.94. The third kappa shape index (κ3) is 3.94. The van der Waals surface area contributed by atoms with E-state index >= 15 is 0 Å². The van der Waals surface area contributed by atoms with Crippen molar-refractivity contribution in [3.05, 3.63) is 29.8 Å². The topological polar surface area (TPSA) is 61.8 Å². The van der Waals surface area contributed by atoms with Gasteiger partial charge in [0.15, 0.2) is 0 Å². The number of benzene rings is 1. The Morgan fingerprint density at radius 3 is 2.58 bits per heavy atom. The fraction of sp³-hybridized carbons (Fsp3) is 0.500. The largest absolute Gasteiger partial charge is 0.396 e.